The number of benzene rings is 1. The number of nitrogens with zero attached hydrogens (tertiary/aromatic N) is 1. The van der Waals surface area contributed by atoms with Crippen molar-refractivity contribution in [2.45, 2.75) is 39.0 Å². The summed E-state index contributed by atoms with van der Waals surface area (Å²) in [5.74, 6) is 0.879. The minimum absolute atomic E-state index is 0.173. The Labute approximate surface area is 117 Å². The van der Waals surface area contributed by atoms with Gasteiger partial charge >= 0.3 is 0 Å². The van der Waals surface area contributed by atoms with Gasteiger partial charge in [0.15, 0.2) is 5.96 Å². The highest BCUT2D eigenvalue weighted by Gasteiger charge is 2.28. The van der Waals surface area contributed by atoms with Crippen LogP contribution < -0.4 is 10.6 Å². The van der Waals surface area contributed by atoms with Crippen molar-refractivity contribution in [3.05, 3.63) is 35.9 Å². The van der Waals surface area contributed by atoms with Crippen molar-refractivity contribution in [1.82, 2.24) is 10.6 Å². The number of hydrogen-bond acceptors (Lipinski definition) is 1. The Bertz CT molecular complexity index is 380. The zero-order valence-corrected chi connectivity index (χ0v) is 12.7. The van der Waals surface area contributed by atoms with Gasteiger partial charge in [-0.3, -0.25) is 4.99 Å². The zero-order chi connectivity index (χ0) is 14.1. The summed E-state index contributed by atoms with van der Waals surface area (Å²) in [6.07, 6.45) is 2.23. The standard InChI is InChI=1S/C16H27N3/c1-5-16(6-2,14-11-9-8-10-12-14)13-19-15(17-4)18-7-3/h8-12H,5-7,13H2,1-4H3,(H2,17,18,19). The second-order valence-electron chi connectivity index (χ2n) is 4.81. The highest BCUT2D eigenvalue weighted by Crippen LogP contribution is 2.30. The fraction of sp³-hybridized carbons (Fsp3) is 0.562. The Morgan fingerprint density at radius 2 is 1.68 bits per heavy atom. The Kier molecular flexibility index (Phi) is 6.40. The molecule has 3 nitrogen and oxygen atoms in total. The van der Waals surface area contributed by atoms with Gasteiger partial charge in [-0.2, -0.15) is 0 Å². The molecule has 0 amide bonds. The third-order valence-corrected chi connectivity index (χ3v) is 3.90. The molecule has 0 aromatic heterocycles. The molecule has 0 fully saturated rings. The van der Waals surface area contributed by atoms with E-state index in [2.05, 4.69) is 66.7 Å². The summed E-state index contributed by atoms with van der Waals surface area (Å²) in [5.41, 5.74) is 1.58. The summed E-state index contributed by atoms with van der Waals surface area (Å²) < 4.78 is 0. The summed E-state index contributed by atoms with van der Waals surface area (Å²) in [7, 11) is 1.81. The lowest BCUT2D eigenvalue weighted by Crippen LogP contribution is -2.45. The number of rotatable bonds is 6. The molecule has 2 N–H and O–H groups in total. The highest BCUT2D eigenvalue weighted by molar-refractivity contribution is 5.79. The lowest BCUT2D eigenvalue weighted by atomic mass is 9.76. The molecule has 0 aliphatic heterocycles. The fourth-order valence-corrected chi connectivity index (χ4v) is 2.44. The summed E-state index contributed by atoms with van der Waals surface area (Å²) in [6, 6.07) is 10.8. The molecule has 3 heteroatoms. The van der Waals surface area contributed by atoms with Crippen molar-refractivity contribution >= 4 is 5.96 Å². The monoisotopic (exact) mass is 261 g/mol. The maximum absolute atomic E-state index is 4.24. The average Bonchev–Trinajstić information content (AvgIpc) is 2.48. The van der Waals surface area contributed by atoms with E-state index < -0.39 is 0 Å². The smallest absolute Gasteiger partial charge is 0.190 e. The predicted octanol–water partition coefficient (Wildman–Crippen LogP) is 2.93. The van der Waals surface area contributed by atoms with Gasteiger partial charge in [-0.1, -0.05) is 44.2 Å². The molecule has 0 aliphatic carbocycles. The Morgan fingerprint density at radius 3 is 2.16 bits per heavy atom. The van der Waals surface area contributed by atoms with Gasteiger partial charge in [-0.25, -0.2) is 0 Å². The zero-order valence-electron chi connectivity index (χ0n) is 12.7. The molecule has 0 atom stereocenters. The van der Waals surface area contributed by atoms with E-state index in [4.69, 9.17) is 0 Å². The molecule has 0 radical (unpaired) electrons. The fourth-order valence-electron chi connectivity index (χ4n) is 2.44. The van der Waals surface area contributed by atoms with E-state index in [9.17, 15) is 0 Å². The first-order valence-electron chi connectivity index (χ1n) is 7.22. The van der Waals surface area contributed by atoms with Gasteiger partial charge < -0.3 is 10.6 Å². The van der Waals surface area contributed by atoms with E-state index in [0.717, 1.165) is 31.9 Å². The summed E-state index contributed by atoms with van der Waals surface area (Å²) >= 11 is 0. The van der Waals surface area contributed by atoms with Gasteiger partial charge in [0.25, 0.3) is 0 Å². The molecule has 1 aromatic carbocycles. The summed E-state index contributed by atoms with van der Waals surface area (Å²) in [6.45, 7) is 8.39. The van der Waals surface area contributed by atoms with Gasteiger partial charge in [0.2, 0.25) is 0 Å². The molecule has 0 unspecified atom stereocenters. The second kappa shape index (κ2) is 7.82. The van der Waals surface area contributed by atoms with Crippen LogP contribution >= 0.6 is 0 Å². The largest absolute Gasteiger partial charge is 0.357 e. The summed E-state index contributed by atoms with van der Waals surface area (Å²) in [5, 5.41) is 6.69. The maximum Gasteiger partial charge on any atom is 0.190 e. The van der Waals surface area contributed by atoms with Crippen molar-refractivity contribution in [3.8, 4) is 0 Å². The molecule has 0 saturated carbocycles. The summed E-state index contributed by atoms with van der Waals surface area (Å²) in [4.78, 5) is 4.24. The minimum Gasteiger partial charge on any atom is -0.357 e. The van der Waals surface area contributed by atoms with Crippen LogP contribution in [0.5, 0.6) is 0 Å². The van der Waals surface area contributed by atoms with E-state index in [-0.39, 0.29) is 5.41 Å². The molecular weight excluding hydrogens is 234 g/mol. The van der Waals surface area contributed by atoms with E-state index in [0.29, 0.717) is 0 Å². The molecule has 106 valence electrons. The Hall–Kier alpha value is -1.51. The van der Waals surface area contributed by atoms with Gasteiger partial charge in [-0.05, 0) is 25.3 Å². The van der Waals surface area contributed by atoms with Crippen LogP contribution in [0.2, 0.25) is 0 Å². The van der Waals surface area contributed by atoms with Crippen LogP contribution in [0.15, 0.2) is 35.3 Å². The number of nitrogens with one attached hydrogen (secondary N) is 2. The molecule has 0 saturated heterocycles. The molecule has 19 heavy (non-hydrogen) atoms. The number of guanidine groups is 1. The normalized spacial score (nSPS) is 12.3. The molecule has 1 rings (SSSR count). The minimum atomic E-state index is 0.173. The van der Waals surface area contributed by atoms with Gasteiger partial charge in [0.05, 0.1) is 0 Å². The van der Waals surface area contributed by atoms with E-state index in [1.165, 1.54) is 5.56 Å². The lowest BCUT2D eigenvalue weighted by Gasteiger charge is -2.33. The quantitative estimate of drug-likeness (QED) is 0.610. The molecular formula is C16H27N3. The van der Waals surface area contributed by atoms with Crippen molar-refractivity contribution in [1.29, 1.82) is 0 Å². The Balaban J connectivity index is 2.83. The molecule has 1 aromatic rings. The van der Waals surface area contributed by atoms with Crippen LogP contribution in [0.25, 0.3) is 0 Å². The lowest BCUT2D eigenvalue weighted by molar-refractivity contribution is 0.389. The molecule has 0 aliphatic rings. The first-order valence-corrected chi connectivity index (χ1v) is 7.22. The van der Waals surface area contributed by atoms with Crippen LogP contribution in [-0.4, -0.2) is 26.1 Å². The van der Waals surface area contributed by atoms with Crippen LogP contribution in [0.3, 0.4) is 0 Å². The third-order valence-electron chi connectivity index (χ3n) is 3.90. The average molecular weight is 261 g/mol. The van der Waals surface area contributed by atoms with Crippen molar-refractivity contribution in [2.24, 2.45) is 4.99 Å². The number of hydrogen-bond donors (Lipinski definition) is 2. The molecule has 0 heterocycles. The molecule has 0 spiro atoms. The number of aliphatic imine (C=N–C) groups is 1. The first-order chi connectivity index (χ1) is 9.22. The van der Waals surface area contributed by atoms with Crippen LogP contribution in [-0.2, 0) is 5.41 Å². The third kappa shape index (κ3) is 3.98. The van der Waals surface area contributed by atoms with E-state index in [1.807, 2.05) is 7.05 Å². The SMILES string of the molecule is CCNC(=NC)NCC(CC)(CC)c1ccccc1. The van der Waals surface area contributed by atoms with Crippen molar-refractivity contribution in [2.75, 3.05) is 20.1 Å². The molecule has 0 bridgehead atoms. The van der Waals surface area contributed by atoms with Crippen LogP contribution in [0.1, 0.15) is 39.2 Å². The van der Waals surface area contributed by atoms with E-state index >= 15 is 0 Å². The van der Waals surface area contributed by atoms with Gasteiger partial charge in [-0.15, -0.1) is 0 Å². The van der Waals surface area contributed by atoms with Gasteiger partial charge in [0, 0.05) is 25.6 Å². The van der Waals surface area contributed by atoms with Crippen molar-refractivity contribution in [3.63, 3.8) is 0 Å². The van der Waals surface area contributed by atoms with E-state index in [1.54, 1.807) is 0 Å². The highest BCUT2D eigenvalue weighted by atomic mass is 15.2. The predicted molar refractivity (Wildman–Crippen MR) is 83.7 cm³/mol. The maximum atomic E-state index is 4.24. The van der Waals surface area contributed by atoms with Crippen LogP contribution in [0, 0.1) is 0 Å². The topological polar surface area (TPSA) is 36.4 Å². The first kappa shape index (κ1) is 15.5. The van der Waals surface area contributed by atoms with Crippen molar-refractivity contribution < 1.29 is 0 Å². The van der Waals surface area contributed by atoms with Crippen LogP contribution in [0.4, 0.5) is 0 Å². The Morgan fingerprint density at radius 1 is 1.05 bits per heavy atom. The second-order valence-corrected chi connectivity index (χ2v) is 4.81. The van der Waals surface area contributed by atoms with Gasteiger partial charge in [0.1, 0.15) is 0 Å².